The summed E-state index contributed by atoms with van der Waals surface area (Å²) in [5, 5.41) is 2.53. The Labute approximate surface area is 115 Å². The number of nitrogens with one attached hydrogen (secondary N) is 1. The minimum Gasteiger partial charge on any atom is -0.493 e. The second-order valence-electron chi connectivity index (χ2n) is 4.08. The van der Waals surface area contributed by atoms with E-state index in [1.54, 1.807) is 12.1 Å². The van der Waals surface area contributed by atoms with Crippen LogP contribution in [0.3, 0.4) is 0 Å². The van der Waals surface area contributed by atoms with Gasteiger partial charge in [0.05, 0.1) is 26.3 Å². The van der Waals surface area contributed by atoms with E-state index in [2.05, 4.69) is 10.1 Å². The van der Waals surface area contributed by atoms with Crippen LogP contribution in [-0.2, 0) is 9.47 Å². The van der Waals surface area contributed by atoms with Crippen molar-refractivity contribution in [3.63, 3.8) is 0 Å². The van der Waals surface area contributed by atoms with Gasteiger partial charge < -0.3 is 24.3 Å². The first-order chi connectivity index (χ1) is 9.63. The molecule has 1 aliphatic rings. The highest BCUT2D eigenvalue weighted by Gasteiger charge is 2.23. The topological polar surface area (TPSA) is 83.1 Å². The van der Waals surface area contributed by atoms with Crippen LogP contribution >= 0.6 is 0 Å². The zero-order valence-electron chi connectivity index (χ0n) is 11.2. The van der Waals surface area contributed by atoms with Gasteiger partial charge >= 0.3 is 12.1 Å². The van der Waals surface area contributed by atoms with Crippen LogP contribution < -0.4 is 14.8 Å². The molecule has 1 unspecified atom stereocenters. The van der Waals surface area contributed by atoms with Crippen molar-refractivity contribution in [3.05, 3.63) is 23.8 Å². The lowest BCUT2D eigenvalue weighted by atomic mass is 10.2. The third kappa shape index (κ3) is 3.11. The number of cyclic esters (lactones) is 1. The predicted octanol–water partition coefficient (Wildman–Crippen LogP) is 0.969. The van der Waals surface area contributed by atoms with Crippen molar-refractivity contribution in [2.24, 2.45) is 0 Å². The van der Waals surface area contributed by atoms with Gasteiger partial charge in [0.2, 0.25) is 0 Å². The Bertz CT molecular complexity index is 516. The molecule has 1 heterocycles. The summed E-state index contributed by atoms with van der Waals surface area (Å²) in [4.78, 5) is 22.4. The van der Waals surface area contributed by atoms with Gasteiger partial charge in [-0.25, -0.2) is 9.59 Å². The van der Waals surface area contributed by atoms with Crippen molar-refractivity contribution in [1.82, 2.24) is 5.32 Å². The molecule has 1 saturated heterocycles. The Kier molecular flexibility index (Phi) is 4.29. The largest absolute Gasteiger partial charge is 0.493 e. The summed E-state index contributed by atoms with van der Waals surface area (Å²) < 4.78 is 20.3. The SMILES string of the molecule is COC(=O)c1ccc(OC)c(OCC2CNC(=O)O2)c1. The van der Waals surface area contributed by atoms with E-state index in [9.17, 15) is 9.59 Å². The summed E-state index contributed by atoms with van der Waals surface area (Å²) in [5.41, 5.74) is 0.352. The van der Waals surface area contributed by atoms with E-state index in [4.69, 9.17) is 14.2 Å². The molecule has 0 bridgehead atoms. The highest BCUT2D eigenvalue weighted by Crippen LogP contribution is 2.28. The van der Waals surface area contributed by atoms with Crippen molar-refractivity contribution in [2.45, 2.75) is 6.10 Å². The van der Waals surface area contributed by atoms with E-state index in [0.717, 1.165) is 0 Å². The van der Waals surface area contributed by atoms with Crippen molar-refractivity contribution < 1.29 is 28.5 Å². The Balaban J connectivity index is 2.08. The maximum atomic E-state index is 11.5. The highest BCUT2D eigenvalue weighted by atomic mass is 16.6. The smallest absolute Gasteiger partial charge is 0.407 e. The molecule has 1 aromatic carbocycles. The normalized spacial score (nSPS) is 17.1. The fourth-order valence-electron chi connectivity index (χ4n) is 1.74. The summed E-state index contributed by atoms with van der Waals surface area (Å²) in [6.45, 7) is 0.553. The Morgan fingerprint density at radius 3 is 2.80 bits per heavy atom. The molecule has 0 aliphatic carbocycles. The number of hydrogen-bond donors (Lipinski definition) is 1. The zero-order chi connectivity index (χ0) is 14.5. The van der Waals surface area contributed by atoms with Gasteiger partial charge in [0.1, 0.15) is 6.61 Å². The quantitative estimate of drug-likeness (QED) is 0.810. The molecule has 0 aromatic heterocycles. The highest BCUT2D eigenvalue weighted by molar-refractivity contribution is 5.90. The molecule has 2 rings (SSSR count). The number of rotatable bonds is 5. The molecule has 1 amide bonds. The number of hydrogen-bond acceptors (Lipinski definition) is 6. The fourth-order valence-corrected chi connectivity index (χ4v) is 1.74. The molecule has 1 fully saturated rings. The lowest BCUT2D eigenvalue weighted by molar-refractivity contribution is 0.0600. The van der Waals surface area contributed by atoms with Gasteiger partial charge in [-0.3, -0.25) is 0 Å². The molecule has 0 saturated carbocycles. The molecule has 20 heavy (non-hydrogen) atoms. The fraction of sp³-hybridized carbons (Fsp3) is 0.385. The summed E-state index contributed by atoms with van der Waals surface area (Å²) in [6.07, 6.45) is -0.831. The third-order valence-electron chi connectivity index (χ3n) is 2.76. The molecule has 0 radical (unpaired) electrons. The zero-order valence-corrected chi connectivity index (χ0v) is 11.2. The lowest BCUT2D eigenvalue weighted by Crippen LogP contribution is -2.22. The number of ether oxygens (including phenoxy) is 4. The van der Waals surface area contributed by atoms with E-state index in [1.165, 1.54) is 20.3 Å². The maximum absolute atomic E-state index is 11.5. The van der Waals surface area contributed by atoms with Gasteiger partial charge in [-0.15, -0.1) is 0 Å². The summed E-state index contributed by atoms with van der Waals surface area (Å²) in [5.74, 6) is 0.403. The van der Waals surface area contributed by atoms with Crippen LogP contribution in [-0.4, -0.2) is 45.5 Å². The number of benzene rings is 1. The first kappa shape index (κ1) is 14.0. The number of methoxy groups -OCH3 is 2. The van der Waals surface area contributed by atoms with Gasteiger partial charge in [0, 0.05) is 0 Å². The van der Waals surface area contributed by atoms with Crippen LogP contribution in [0.25, 0.3) is 0 Å². The van der Waals surface area contributed by atoms with Crippen LogP contribution in [0.15, 0.2) is 18.2 Å². The van der Waals surface area contributed by atoms with Crippen molar-refractivity contribution in [2.75, 3.05) is 27.4 Å². The second kappa shape index (κ2) is 6.14. The van der Waals surface area contributed by atoms with Crippen molar-refractivity contribution >= 4 is 12.1 Å². The first-order valence-electron chi connectivity index (χ1n) is 5.97. The van der Waals surface area contributed by atoms with Crippen LogP contribution in [0.2, 0.25) is 0 Å². The third-order valence-corrected chi connectivity index (χ3v) is 2.76. The number of esters is 1. The summed E-state index contributed by atoms with van der Waals surface area (Å²) >= 11 is 0. The van der Waals surface area contributed by atoms with E-state index >= 15 is 0 Å². The predicted molar refractivity (Wildman–Crippen MR) is 68.1 cm³/mol. The van der Waals surface area contributed by atoms with Gasteiger partial charge in [0.15, 0.2) is 17.6 Å². The monoisotopic (exact) mass is 281 g/mol. The van der Waals surface area contributed by atoms with Gasteiger partial charge in [-0.1, -0.05) is 0 Å². The molecule has 0 spiro atoms. The van der Waals surface area contributed by atoms with Crippen LogP contribution in [0.1, 0.15) is 10.4 Å². The molecule has 1 atom stereocenters. The Hall–Kier alpha value is -2.44. The summed E-state index contributed by atoms with van der Waals surface area (Å²) in [7, 11) is 2.80. The Morgan fingerprint density at radius 1 is 1.40 bits per heavy atom. The van der Waals surface area contributed by atoms with E-state index < -0.39 is 12.1 Å². The van der Waals surface area contributed by atoms with Gasteiger partial charge in [-0.2, -0.15) is 0 Å². The van der Waals surface area contributed by atoms with Gasteiger partial charge in [-0.05, 0) is 18.2 Å². The molecule has 1 aromatic rings. The summed E-state index contributed by atoms with van der Waals surface area (Å²) in [6, 6.07) is 4.71. The van der Waals surface area contributed by atoms with E-state index in [1.807, 2.05) is 0 Å². The minimum atomic E-state index is -0.466. The molecular weight excluding hydrogens is 266 g/mol. The molecule has 108 valence electrons. The molecule has 7 heteroatoms. The number of carbonyl (C=O) groups excluding carboxylic acids is 2. The number of alkyl carbamates (subject to hydrolysis) is 1. The molecule has 1 aliphatic heterocycles. The van der Waals surface area contributed by atoms with Crippen molar-refractivity contribution in [1.29, 1.82) is 0 Å². The molecule has 7 nitrogen and oxygen atoms in total. The van der Waals surface area contributed by atoms with Gasteiger partial charge in [0.25, 0.3) is 0 Å². The van der Waals surface area contributed by atoms with Crippen LogP contribution in [0.4, 0.5) is 4.79 Å². The van der Waals surface area contributed by atoms with Crippen LogP contribution in [0, 0.1) is 0 Å². The molecular formula is C13H15NO6. The number of amides is 1. The van der Waals surface area contributed by atoms with E-state index in [-0.39, 0.29) is 12.7 Å². The Morgan fingerprint density at radius 2 is 2.20 bits per heavy atom. The average molecular weight is 281 g/mol. The van der Waals surface area contributed by atoms with Crippen molar-refractivity contribution in [3.8, 4) is 11.5 Å². The average Bonchev–Trinajstić information content (AvgIpc) is 2.89. The molecule has 1 N–H and O–H groups in total. The van der Waals surface area contributed by atoms with Crippen LogP contribution in [0.5, 0.6) is 11.5 Å². The number of carbonyl (C=O) groups is 2. The lowest BCUT2D eigenvalue weighted by Gasteiger charge is -2.13. The van der Waals surface area contributed by atoms with E-state index in [0.29, 0.717) is 23.6 Å². The first-order valence-corrected chi connectivity index (χ1v) is 5.97. The maximum Gasteiger partial charge on any atom is 0.407 e. The standard InChI is InChI=1S/C13H15NO6/c1-17-10-4-3-8(12(15)18-2)5-11(10)19-7-9-6-14-13(16)20-9/h3-5,9H,6-7H2,1-2H3,(H,14,16). The second-order valence-corrected chi connectivity index (χ2v) is 4.08. The minimum absolute atomic E-state index is 0.166.